The standard InChI is InChI=1S/C32H34FN3O3/c1-39-18-17-36(32(38)29-19-28(29)24-7-3-2-4-8-24)22-31(37)35(21-23-11-13-26(33)14-12-23)16-15-25-20-34-30-10-6-5-9-27(25)30/h2-14,20,28-29,34H,15-19,21-22H2,1H3/t28-,29-/m0/s1. The van der Waals surface area contributed by atoms with E-state index in [1.807, 2.05) is 42.6 Å². The Labute approximate surface area is 228 Å². The van der Waals surface area contributed by atoms with Gasteiger partial charge in [0.05, 0.1) is 13.2 Å². The van der Waals surface area contributed by atoms with Gasteiger partial charge in [-0.3, -0.25) is 9.59 Å². The summed E-state index contributed by atoms with van der Waals surface area (Å²) < 4.78 is 18.8. The number of nitrogens with zero attached hydrogens (tertiary/aromatic N) is 2. The van der Waals surface area contributed by atoms with Crippen LogP contribution in [0.1, 0.15) is 29.0 Å². The van der Waals surface area contributed by atoms with Crippen LogP contribution in [0.5, 0.6) is 0 Å². The number of ether oxygens (including phenoxy) is 1. The molecule has 0 bridgehead atoms. The summed E-state index contributed by atoms with van der Waals surface area (Å²) in [6.07, 6.45) is 3.43. The second-order valence-corrected chi connectivity index (χ2v) is 10.2. The van der Waals surface area contributed by atoms with E-state index in [1.54, 1.807) is 29.0 Å². The molecule has 0 saturated heterocycles. The Balaban J connectivity index is 1.31. The lowest BCUT2D eigenvalue weighted by Crippen LogP contribution is -2.45. The van der Waals surface area contributed by atoms with Crippen LogP contribution in [0.25, 0.3) is 10.9 Å². The minimum atomic E-state index is -0.316. The third-order valence-corrected chi connectivity index (χ3v) is 7.50. The van der Waals surface area contributed by atoms with Gasteiger partial charge in [0, 0.05) is 49.8 Å². The largest absolute Gasteiger partial charge is 0.383 e. The van der Waals surface area contributed by atoms with Crippen molar-refractivity contribution in [3.8, 4) is 0 Å². The van der Waals surface area contributed by atoms with Gasteiger partial charge in [0.25, 0.3) is 0 Å². The number of carbonyl (C=O) groups is 2. The summed E-state index contributed by atoms with van der Waals surface area (Å²) >= 11 is 0. The Morgan fingerprint density at radius 3 is 2.46 bits per heavy atom. The number of H-pyrrole nitrogens is 1. The number of carbonyl (C=O) groups excluding carboxylic acids is 2. The van der Waals surface area contributed by atoms with E-state index < -0.39 is 0 Å². The summed E-state index contributed by atoms with van der Waals surface area (Å²) in [4.78, 5) is 33.9. The summed E-state index contributed by atoms with van der Waals surface area (Å²) in [7, 11) is 1.59. The summed E-state index contributed by atoms with van der Waals surface area (Å²) in [6.45, 7) is 1.50. The van der Waals surface area contributed by atoms with E-state index in [0.717, 1.165) is 34.0 Å². The van der Waals surface area contributed by atoms with Crippen molar-refractivity contribution in [1.29, 1.82) is 0 Å². The number of methoxy groups -OCH3 is 1. The first-order valence-corrected chi connectivity index (χ1v) is 13.4. The highest BCUT2D eigenvalue weighted by Gasteiger charge is 2.46. The van der Waals surface area contributed by atoms with E-state index in [0.29, 0.717) is 32.7 Å². The van der Waals surface area contributed by atoms with Crippen molar-refractivity contribution in [3.63, 3.8) is 0 Å². The van der Waals surface area contributed by atoms with Crippen molar-refractivity contribution in [2.45, 2.75) is 25.3 Å². The van der Waals surface area contributed by atoms with Gasteiger partial charge in [-0.05, 0) is 53.6 Å². The smallest absolute Gasteiger partial charge is 0.242 e. The molecule has 1 aliphatic carbocycles. The zero-order valence-corrected chi connectivity index (χ0v) is 22.2. The third kappa shape index (κ3) is 6.55. The first kappa shape index (κ1) is 26.6. The Kier molecular flexibility index (Phi) is 8.37. The van der Waals surface area contributed by atoms with Crippen LogP contribution in [0.4, 0.5) is 4.39 Å². The normalized spacial score (nSPS) is 16.3. The Bertz CT molecular complexity index is 1400. The fourth-order valence-electron chi connectivity index (χ4n) is 5.20. The molecule has 1 N–H and O–H groups in total. The number of para-hydroxylation sites is 1. The topological polar surface area (TPSA) is 65.6 Å². The molecule has 0 unspecified atom stereocenters. The van der Waals surface area contributed by atoms with Gasteiger partial charge in [0.2, 0.25) is 11.8 Å². The molecule has 6 nitrogen and oxygen atoms in total. The summed E-state index contributed by atoms with van der Waals surface area (Å²) in [5.74, 6) is -0.387. The molecule has 1 heterocycles. The Hall–Kier alpha value is -3.97. The third-order valence-electron chi connectivity index (χ3n) is 7.50. The number of benzene rings is 3. The van der Waals surface area contributed by atoms with Crippen LogP contribution >= 0.6 is 0 Å². The number of aromatic amines is 1. The first-order valence-electron chi connectivity index (χ1n) is 13.4. The lowest BCUT2D eigenvalue weighted by Gasteiger charge is -2.28. The van der Waals surface area contributed by atoms with Gasteiger partial charge < -0.3 is 19.5 Å². The van der Waals surface area contributed by atoms with E-state index in [1.165, 1.54) is 12.1 Å². The lowest BCUT2D eigenvalue weighted by molar-refractivity contribution is -0.142. The summed E-state index contributed by atoms with van der Waals surface area (Å²) in [5, 5.41) is 1.13. The molecule has 2 amide bonds. The zero-order valence-electron chi connectivity index (χ0n) is 22.2. The number of hydrogen-bond acceptors (Lipinski definition) is 3. The number of hydrogen-bond donors (Lipinski definition) is 1. The molecule has 0 radical (unpaired) electrons. The van der Waals surface area contributed by atoms with Gasteiger partial charge in [0.15, 0.2) is 0 Å². The van der Waals surface area contributed by atoms with Crippen LogP contribution in [0.3, 0.4) is 0 Å². The van der Waals surface area contributed by atoms with Crippen LogP contribution in [0, 0.1) is 11.7 Å². The molecule has 39 heavy (non-hydrogen) atoms. The fraction of sp³-hybridized carbons (Fsp3) is 0.312. The molecular weight excluding hydrogens is 493 g/mol. The van der Waals surface area contributed by atoms with Gasteiger partial charge in [-0.15, -0.1) is 0 Å². The van der Waals surface area contributed by atoms with Gasteiger partial charge in [0.1, 0.15) is 5.82 Å². The van der Waals surface area contributed by atoms with Crippen molar-refractivity contribution >= 4 is 22.7 Å². The number of fused-ring (bicyclic) bond motifs is 1. The van der Waals surface area contributed by atoms with E-state index in [2.05, 4.69) is 23.2 Å². The zero-order chi connectivity index (χ0) is 27.2. The number of nitrogens with one attached hydrogen (secondary N) is 1. The predicted octanol–water partition coefficient (Wildman–Crippen LogP) is 5.16. The molecule has 7 heteroatoms. The molecule has 2 atom stereocenters. The lowest BCUT2D eigenvalue weighted by atomic mass is 10.1. The molecule has 202 valence electrons. The van der Waals surface area contributed by atoms with E-state index >= 15 is 0 Å². The van der Waals surface area contributed by atoms with Gasteiger partial charge in [-0.2, -0.15) is 0 Å². The number of aromatic nitrogens is 1. The molecule has 1 saturated carbocycles. The monoisotopic (exact) mass is 527 g/mol. The average Bonchev–Trinajstić information content (AvgIpc) is 3.67. The molecule has 0 aliphatic heterocycles. The summed E-state index contributed by atoms with van der Waals surface area (Å²) in [5.41, 5.74) is 4.17. The fourth-order valence-corrected chi connectivity index (χ4v) is 5.20. The molecule has 1 aliphatic rings. The van der Waals surface area contributed by atoms with Crippen LogP contribution in [-0.2, 0) is 27.3 Å². The quantitative estimate of drug-likeness (QED) is 0.277. The van der Waals surface area contributed by atoms with Crippen LogP contribution in [-0.4, -0.2) is 59.9 Å². The molecule has 5 rings (SSSR count). The van der Waals surface area contributed by atoms with Crippen molar-refractivity contribution in [1.82, 2.24) is 14.8 Å². The van der Waals surface area contributed by atoms with Gasteiger partial charge in [-0.1, -0.05) is 60.7 Å². The van der Waals surface area contributed by atoms with E-state index in [4.69, 9.17) is 4.74 Å². The maximum Gasteiger partial charge on any atom is 0.242 e. The molecule has 0 spiro atoms. The SMILES string of the molecule is COCCN(CC(=O)N(CCc1c[nH]c2ccccc12)Cc1ccc(F)cc1)C(=O)[C@H]1C[C@H]1c1ccccc1. The van der Waals surface area contributed by atoms with Crippen LogP contribution in [0.2, 0.25) is 0 Å². The second kappa shape index (κ2) is 12.3. The van der Waals surface area contributed by atoms with E-state index in [9.17, 15) is 14.0 Å². The highest BCUT2D eigenvalue weighted by molar-refractivity contribution is 5.88. The first-order chi connectivity index (χ1) is 19.0. The van der Waals surface area contributed by atoms with Crippen molar-refractivity contribution in [3.05, 3.63) is 108 Å². The Morgan fingerprint density at radius 1 is 0.949 bits per heavy atom. The minimum absolute atomic E-state index is 0.00684. The highest BCUT2D eigenvalue weighted by Crippen LogP contribution is 2.48. The van der Waals surface area contributed by atoms with Crippen LogP contribution in [0.15, 0.2) is 85.1 Å². The van der Waals surface area contributed by atoms with Crippen molar-refractivity contribution in [2.75, 3.05) is 33.4 Å². The van der Waals surface area contributed by atoms with Gasteiger partial charge >= 0.3 is 0 Å². The Morgan fingerprint density at radius 2 is 1.69 bits per heavy atom. The van der Waals surface area contributed by atoms with Crippen molar-refractivity contribution < 1.29 is 18.7 Å². The minimum Gasteiger partial charge on any atom is -0.383 e. The van der Waals surface area contributed by atoms with Crippen LogP contribution < -0.4 is 0 Å². The second-order valence-electron chi connectivity index (χ2n) is 10.2. The number of amides is 2. The predicted molar refractivity (Wildman–Crippen MR) is 150 cm³/mol. The van der Waals surface area contributed by atoms with E-state index in [-0.39, 0.29) is 36.0 Å². The average molecular weight is 528 g/mol. The molecule has 1 fully saturated rings. The number of halogens is 1. The number of rotatable bonds is 12. The molecule has 4 aromatic rings. The summed E-state index contributed by atoms with van der Waals surface area (Å²) in [6, 6.07) is 24.3. The van der Waals surface area contributed by atoms with Crippen molar-refractivity contribution in [2.24, 2.45) is 5.92 Å². The maximum atomic E-state index is 13.7. The van der Waals surface area contributed by atoms with Gasteiger partial charge in [-0.25, -0.2) is 4.39 Å². The molecular formula is C32H34FN3O3. The molecule has 1 aromatic heterocycles. The maximum absolute atomic E-state index is 13.7. The highest BCUT2D eigenvalue weighted by atomic mass is 19.1. The molecule has 3 aromatic carbocycles.